The fraction of sp³-hybridized carbons (Fsp3) is 1.00. The Bertz CT molecular complexity index is 67.1. The van der Waals surface area contributed by atoms with Crippen molar-refractivity contribution in [2.24, 2.45) is 0 Å². The van der Waals surface area contributed by atoms with Crippen LogP contribution in [0.3, 0.4) is 0 Å². The molecule has 0 amide bonds. The minimum absolute atomic E-state index is 0.939. The summed E-state index contributed by atoms with van der Waals surface area (Å²) < 4.78 is 0. The van der Waals surface area contributed by atoms with Crippen LogP contribution in [0.15, 0.2) is 0 Å². The van der Waals surface area contributed by atoms with E-state index in [-0.39, 0.29) is 0 Å². The minimum atomic E-state index is 0.939. The Morgan fingerprint density at radius 3 is 2.60 bits per heavy atom. The van der Waals surface area contributed by atoms with Crippen molar-refractivity contribution in [1.29, 1.82) is 0 Å². The SMILES string of the molecule is CCPC(P)PCPCP. The zero-order chi connectivity index (χ0) is 7.82. The molecule has 0 aromatic carbocycles. The molecule has 10 heavy (non-hydrogen) atoms. The first kappa shape index (κ1) is 12.2. The molecule has 0 aliphatic heterocycles. The maximum Gasteiger partial charge on any atom is 0.00835 e. The lowest BCUT2D eigenvalue weighted by Gasteiger charge is -2.08. The fourth-order valence-corrected chi connectivity index (χ4v) is 8.20. The van der Waals surface area contributed by atoms with Crippen LogP contribution in [0.25, 0.3) is 0 Å². The maximum absolute atomic E-state index is 2.97. The molecule has 0 N–H and O–H groups in total. The summed E-state index contributed by atoms with van der Waals surface area (Å²) in [6.45, 7) is 2.28. The molecular weight excluding hydrogens is 215 g/mol. The Morgan fingerprint density at radius 1 is 1.40 bits per heavy atom. The first-order valence-corrected chi connectivity index (χ1v) is 8.91. The Labute approximate surface area is 74.6 Å². The van der Waals surface area contributed by atoms with Gasteiger partial charge in [-0.25, -0.2) is 0 Å². The highest BCUT2D eigenvalue weighted by Crippen LogP contribution is 2.42. The zero-order valence-corrected chi connectivity index (χ0v) is 11.7. The molecule has 0 bridgehead atoms. The third-order valence-electron chi connectivity index (χ3n) is 1.02. The number of hydrogen-bond donors (Lipinski definition) is 0. The van der Waals surface area contributed by atoms with E-state index >= 15 is 0 Å². The largest absolute Gasteiger partial charge is 0.133 e. The molecule has 62 valence electrons. The van der Waals surface area contributed by atoms with E-state index in [4.69, 9.17) is 0 Å². The van der Waals surface area contributed by atoms with Gasteiger partial charge >= 0.3 is 0 Å². The highest BCUT2D eigenvalue weighted by Gasteiger charge is 1.97. The van der Waals surface area contributed by atoms with Crippen LogP contribution in [-0.4, -0.2) is 23.1 Å². The van der Waals surface area contributed by atoms with Gasteiger partial charge in [0.15, 0.2) is 0 Å². The average Bonchev–Trinajstić information content (AvgIpc) is 1.89. The van der Waals surface area contributed by atoms with Crippen molar-refractivity contribution in [1.82, 2.24) is 0 Å². The summed E-state index contributed by atoms with van der Waals surface area (Å²) in [6.07, 6.45) is 1.37. The molecule has 6 unspecified atom stereocenters. The third kappa shape index (κ3) is 8.25. The second-order valence-electron chi connectivity index (χ2n) is 1.87. The molecular formula is C5H17P5. The van der Waals surface area contributed by atoms with Gasteiger partial charge in [-0.05, 0) is 18.0 Å². The van der Waals surface area contributed by atoms with Crippen molar-refractivity contribution in [2.75, 3.05) is 18.0 Å². The van der Waals surface area contributed by atoms with E-state index in [1.54, 1.807) is 0 Å². The molecule has 0 saturated heterocycles. The first-order chi connectivity index (χ1) is 4.81. The molecule has 0 rings (SSSR count). The zero-order valence-electron chi connectivity index (χ0n) is 6.35. The first-order valence-electron chi connectivity index (χ1n) is 3.44. The molecule has 0 aromatic heterocycles. The summed E-state index contributed by atoms with van der Waals surface area (Å²) in [5, 5.41) is 0.939. The molecule has 0 aliphatic carbocycles. The van der Waals surface area contributed by atoms with E-state index < -0.39 is 0 Å². The maximum atomic E-state index is 2.97. The summed E-state index contributed by atoms with van der Waals surface area (Å²) in [5.41, 5.74) is 0. The van der Waals surface area contributed by atoms with E-state index in [9.17, 15) is 0 Å². The van der Waals surface area contributed by atoms with Gasteiger partial charge in [-0.15, -0.1) is 44.2 Å². The average molecular weight is 232 g/mol. The molecule has 0 radical (unpaired) electrons. The highest BCUT2D eigenvalue weighted by molar-refractivity contribution is 7.73. The van der Waals surface area contributed by atoms with Crippen LogP contribution < -0.4 is 0 Å². The van der Waals surface area contributed by atoms with Gasteiger partial charge in [0.25, 0.3) is 0 Å². The second-order valence-corrected chi connectivity index (χ2v) is 10.8. The van der Waals surface area contributed by atoms with Crippen LogP contribution in [0, 0.1) is 0 Å². The second kappa shape index (κ2) is 9.24. The van der Waals surface area contributed by atoms with Crippen molar-refractivity contribution in [3.63, 3.8) is 0 Å². The molecule has 5 heteroatoms. The fourth-order valence-electron chi connectivity index (χ4n) is 0.546. The molecule has 0 heterocycles. The molecule has 0 saturated carbocycles. The van der Waals surface area contributed by atoms with E-state index in [1.807, 2.05) is 0 Å². The third-order valence-corrected chi connectivity index (χ3v) is 7.91. The summed E-state index contributed by atoms with van der Waals surface area (Å²) in [6, 6.07) is 0. The summed E-state index contributed by atoms with van der Waals surface area (Å²) in [5.74, 6) is 2.77. The van der Waals surface area contributed by atoms with Gasteiger partial charge in [-0.1, -0.05) is 6.92 Å². The summed E-state index contributed by atoms with van der Waals surface area (Å²) in [4.78, 5) is 0. The molecule has 6 atom stereocenters. The van der Waals surface area contributed by atoms with E-state index in [0.717, 1.165) is 5.14 Å². The van der Waals surface area contributed by atoms with Gasteiger partial charge in [0.05, 0.1) is 0 Å². The quantitative estimate of drug-likeness (QED) is 0.487. The van der Waals surface area contributed by atoms with Gasteiger partial charge in [-0.2, -0.15) is 0 Å². The van der Waals surface area contributed by atoms with Crippen LogP contribution in [-0.2, 0) is 0 Å². The molecule has 0 fully saturated rings. The molecule has 0 nitrogen and oxygen atoms in total. The van der Waals surface area contributed by atoms with E-state index in [1.165, 1.54) is 43.7 Å². The Morgan fingerprint density at radius 2 is 2.10 bits per heavy atom. The van der Waals surface area contributed by atoms with Crippen LogP contribution in [0.2, 0.25) is 0 Å². The van der Waals surface area contributed by atoms with Gasteiger partial charge in [0, 0.05) is 5.14 Å². The van der Waals surface area contributed by atoms with Crippen molar-refractivity contribution < 1.29 is 0 Å². The van der Waals surface area contributed by atoms with Crippen LogP contribution in [0.4, 0.5) is 0 Å². The van der Waals surface area contributed by atoms with Crippen LogP contribution in [0.5, 0.6) is 0 Å². The lowest BCUT2D eigenvalue weighted by atomic mass is 11.0. The summed E-state index contributed by atoms with van der Waals surface area (Å²) in [7, 11) is 9.32. The monoisotopic (exact) mass is 232 g/mol. The molecule has 0 spiro atoms. The van der Waals surface area contributed by atoms with E-state index in [2.05, 4.69) is 25.4 Å². The predicted octanol–water partition coefficient (Wildman–Crippen LogP) is 2.99. The lowest BCUT2D eigenvalue weighted by molar-refractivity contribution is 1.51. The highest BCUT2D eigenvalue weighted by atomic mass is 31.2. The number of hydrogen-bond acceptors (Lipinski definition) is 0. The molecule has 0 aromatic rings. The summed E-state index contributed by atoms with van der Waals surface area (Å²) >= 11 is 0. The van der Waals surface area contributed by atoms with Gasteiger partial charge in [-0.3, -0.25) is 0 Å². The van der Waals surface area contributed by atoms with Gasteiger partial charge in [0.2, 0.25) is 0 Å². The van der Waals surface area contributed by atoms with Gasteiger partial charge < -0.3 is 0 Å². The van der Waals surface area contributed by atoms with Crippen molar-refractivity contribution in [3.8, 4) is 0 Å². The Balaban J connectivity index is 2.97. The Kier molecular flexibility index (Phi) is 11.2. The Hall–Kier alpha value is 2.15. The number of rotatable bonds is 6. The van der Waals surface area contributed by atoms with Crippen molar-refractivity contribution in [3.05, 3.63) is 0 Å². The smallest absolute Gasteiger partial charge is 0.00835 e. The van der Waals surface area contributed by atoms with Gasteiger partial charge in [0.1, 0.15) is 0 Å². The molecule has 0 aliphatic rings. The van der Waals surface area contributed by atoms with Crippen LogP contribution in [0.1, 0.15) is 6.92 Å². The normalized spacial score (nSPS) is 17.1. The van der Waals surface area contributed by atoms with E-state index in [0.29, 0.717) is 0 Å². The van der Waals surface area contributed by atoms with Crippen molar-refractivity contribution >= 4 is 44.2 Å². The van der Waals surface area contributed by atoms with Crippen molar-refractivity contribution in [2.45, 2.75) is 12.1 Å². The predicted molar refractivity (Wildman–Crippen MR) is 68.4 cm³/mol. The topological polar surface area (TPSA) is 0 Å². The minimum Gasteiger partial charge on any atom is -0.133 e. The lowest BCUT2D eigenvalue weighted by Crippen LogP contribution is -1.78. The van der Waals surface area contributed by atoms with Crippen LogP contribution >= 0.6 is 44.2 Å². The standard InChI is InChI=1S/C5H17P5/c1-2-9-5(7)10-4-8-3-6/h5,8-10H,2-4,6-7H2,1H3.